The fourth-order valence-electron chi connectivity index (χ4n) is 2.93. The summed E-state index contributed by atoms with van der Waals surface area (Å²) in [5.74, 6) is -0.418. The molecule has 29 heavy (non-hydrogen) atoms. The second kappa shape index (κ2) is 9.21. The van der Waals surface area contributed by atoms with Gasteiger partial charge in [-0.15, -0.1) is 0 Å². The van der Waals surface area contributed by atoms with Crippen molar-refractivity contribution in [3.8, 4) is 0 Å². The number of benzene rings is 1. The highest BCUT2D eigenvalue weighted by atomic mass is 35.5. The zero-order valence-corrected chi connectivity index (χ0v) is 17.3. The van der Waals surface area contributed by atoms with Gasteiger partial charge in [0.15, 0.2) is 0 Å². The van der Waals surface area contributed by atoms with Gasteiger partial charge >= 0.3 is 12.3 Å². The molecule has 0 aliphatic carbocycles. The van der Waals surface area contributed by atoms with Crippen LogP contribution >= 0.6 is 11.6 Å². The Labute approximate surface area is 172 Å². The number of hydrogen-bond acceptors (Lipinski definition) is 4. The summed E-state index contributed by atoms with van der Waals surface area (Å²) < 4.78 is 44.0. The zero-order valence-electron chi connectivity index (χ0n) is 16.5. The first kappa shape index (κ1) is 23.3. The highest BCUT2D eigenvalue weighted by molar-refractivity contribution is 6.31. The number of ether oxygens (including phenoxy) is 1. The van der Waals surface area contributed by atoms with E-state index in [1.807, 2.05) is 4.90 Å². The molecule has 1 aliphatic heterocycles. The van der Waals surface area contributed by atoms with Crippen molar-refractivity contribution in [2.45, 2.75) is 51.4 Å². The summed E-state index contributed by atoms with van der Waals surface area (Å²) in [7, 11) is 0. The molecule has 1 heterocycles. The predicted molar refractivity (Wildman–Crippen MR) is 104 cm³/mol. The van der Waals surface area contributed by atoms with Crippen LogP contribution in [0, 0.1) is 0 Å². The van der Waals surface area contributed by atoms with Gasteiger partial charge in [0.2, 0.25) is 5.91 Å². The van der Waals surface area contributed by atoms with Crippen molar-refractivity contribution in [3.05, 3.63) is 28.8 Å². The molecule has 1 aliphatic rings. The van der Waals surface area contributed by atoms with Crippen LogP contribution < -0.4 is 10.6 Å². The zero-order chi connectivity index (χ0) is 21.8. The van der Waals surface area contributed by atoms with Crippen molar-refractivity contribution < 1.29 is 27.5 Å². The molecule has 1 aromatic carbocycles. The normalized spacial score (nSPS) is 16.4. The molecule has 162 valence electrons. The van der Waals surface area contributed by atoms with E-state index in [0.29, 0.717) is 25.9 Å². The first-order valence-corrected chi connectivity index (χ1v) is 9.60. The van der Waals surface area contributed by atoms with Gasteiger partial charge in [-0.2, -0.15) is 13.2 Å². The molecule has 0 saturated carbocycles. The average Bonchev–Trinajstić information content (AvgIpc) is 2.55. The number of hydrogen-bond donors (Lipinski definition) is 2. The number of nitrogens with one attached hydrogen (secondary N) is 2. The van der Waals surface area contributed by atoms with Crippen molar-refractivity contribution in [1.29, 1.82) is 0 Å². The number of alkyl halides is 3. The Kier molecular flexibility index (Phi) is 7.40. The molecule has 1 fully saturated rings. The van der Waals surface area contributed by atoms with E-state index in [0.717, 1.165) is 12.1 Å². The number of amides is 2. The van der Waals surface area contributed by atoms with Gasteiger partial charge in [0.25, 0.3) is 0 Å². The summed E-state index contributed by atoms with van der Waals surface area (Å²) >= 11 is 5.58. The summed E-state index contributed by atoms with van der Waals surface area (Å²) in [6.07, 6.45) is -3.78. The standard InChI is InChI=1S/C19H25ClF3N3O3/c1-18(2,3)29-17(28)25-12-6-8-26(9-7-12)11-16(27)24-13-4-5-15(20)14(10-13)19(21,22)23/h4-5,10,12H,6-9,11H2,1-3H3,(H,24,27)(H,25,28). The number of alkyl carbamates (subject to hydrolysis) is 1. The third kappa shape index (κ3) is 7.74. The fraction of sp³-hybridized carbons (Fsp3) is 0.579. The number of nitrogens with zero attached hydrogens (tertiary/aromatic N) is 1. The molecule has 0 unspecified atom stereocenters. The van der Waals surface area contributed by atoms with Crippen molar-refractivity contribution in [3.63, 3.8) is 0 Å². The number of anilines is 1. The Bertz CT molecular complexity index is 742. The minimum absolute atomic E-state index is 0.0354. The number of rotatable bonds is 4. The lowest BCUT2D eigenvalue weighted by molar-refractivity contribution is -0.137. The average molecular weight is 436 g/mol. The summed E-state index contributed by atoms with van der Waals surface area (Å²) in [6, 6.07) is 3.20. The number of halogens is 4. The van der Waals surface area contributed by atoms with Gasteiger partial charge in [0.05, 0.1) is 17.1 Å². The maximum atomic E-state index is 12.9. The Morgan fingerprint density at radius 3 is 2.38 bits per heavy atom. The lowest BCUT2D eigenvalue weighted by atomic mass is 10.1. The maximum absolute atomic E-state index is 12.9. The van der Waals surface area contributed by atoms with Crippen LogP contribution in [0.15, 0.2) is 18.2 Å². The van der Waals surface area contributed by atoms with Crippen LogP contribution in [0.25, 0.3) is 0 Å². The van der Waals surface area contributed by atoms with Gasteiger partial charge in [-0.3, -0.25) is 9.69 Å². The van der Waals surface area contributed by atoms with Crippen LogP contribution in [0.2, 0.25) is 5.02 Å². The second-order valence-electron chi connectivity index (χ2n) is 7.94. The molecule has 2 N–H and O–H groups in total. The lowest BCUT2D eigenvalue weighted by Gasteiger charge is -2.32. The molecule has 0 aromatic heterocycles. The second-order valence-corrected chi connectivity index (χ2v) is 8.34. The molecule has 1 saturated heterocycles. The third-order valence-electron chi connectivity index (χ3n) is 4.23. The Morgan fingerprint density at radius 1 is 1.21 bits per heavy atom. The van der Waals surface area contributed by atoms with Gasteiger partial charge < -0.3 is 15.4 Å². The van der Waals surface area contributed by atoms with Gasteiger partial charge in [-0.1, -0.05) is 11.6 Å². The molecular formula is C19H25ClF3N3O3. The van der Waals surface area contributed by atoms with Gasteiger partial charge in [0, 0.05) is 24.8 Å². The summed E-state index contributed by atoms with van der Waals surface area (Å²) in [5, 5.41) is 4.86. The molecule has 2 amide bonds. The highest BCUT2D eigenvalue weighted by Gasteiger charge is 2.33. The number of piperidine rings is 1. The molecule has 0 bridgehead atoms. The lowest BCUT2D eigenvalue weighted by Crippen LogP contribution is -2.47. The van der Waals surface area contributed by atoms with Crippen LogP contribution in [0.1, 0.15) is 39.2 Å². The van der Waals surface area contributed by atoms with E-state index < -0.39 is 34.4 Å². The van der Waals surface area contributed by atoms with Gasteiger partial charge in [-0.05, 0) is 51.8 Å². The molecule has 2 rings (SSSR count). The van der Waals surface area contributed by atoms with E-state index in [2.05, 4.69) is 10.6 Å². The van der Waals surface area contributed by atoms with Crippen LogP contribution in [-0.4, -0.2) is 48.2 Å². The van der Waals surface area contributed by atoms with E-state index in [9.17, 15) is 22.8 Å². The first-order chi connectivity index (χ1) is 13.3. The molecule has 0 spiro atoms. The Morgan fingerprint density at radius 2 is 1.83 bits per heavy atom. The van der Waals surface area contributed by atoms with E-state index in [-0.39, 0.29) is 18.3 Å². The quantitative estimate of drug-likeness (QED) is 0.740. The van der Waals surface area contributed by atoms with Gasteiger partial charge in [-0.25, -0.2) is 4.79 Å². The summed E-state index contributed by atoms with van der Waals surface area (Å²) in [5.41, 5.74) is -1.53. The fourth-order valence-corrected chi connectivity index (χ4v) is 3.16. The molecule has 1 aromatic rings. The van der Waals surface area contributed by atoms with E-state index in [4.69, 9.17) is 16.3 Å². The Hall–Kier alpha value is -2.00. The third-order valence-corrected chi connectivity index (χ3v) is 4.56. The van der Waals surface area contributed by atoms with Crippen molar-refractivity contribution >= 4 is 29.3 Å². The minimum atomic E-state index is -4.60. The van der Waals surface area contributed by atoms with Crippen molar-refractivity contribution in [1.82, 2.24) is 10.2 Å². The van der Waals surface area contributed by atoms with Gasteiger partial charge in [0.1, 0.15) is 5.60 Å². The number of carbonyl (C=O) groups is 2. The van der Waals surface area contributed by atoms with E-state index in [1.54, 1.807) is 20.8 Å². The highest BCUT2D eigenvalue weighted by Crippen LogP contribution is 2.36. The number of carbonyl (C=O) groups excluding carboxylic acids is 2. The molecule has 10 heteroatoms. The van der Waals surface area contributed by atoms with Crippen molar-refractivity contribution in [2.75, 3.05) is 25.0 Å². The van der Waals surface area contributed by atoms with Crippen LogP contribution in [-0.2, 0) is 15.7 Å². The summed E-state index contributed by atoms with van der Waals surface area (Å²) in [6.45, 7) is 6.54. The monoisotopic (exact) mass is 435 g/mol. The maximum Gasteiger partial charge on any atom is 0.417 e. The number of likely N-dealkylation sites (tertiary alicyclic amines) is 1. The molecule has 0 atom stereocenters. The minimum Gasteiger partial charge on any atom is -0.444 e. The molecule has 6 nitrogen and oxygen atoms in total. The van der Waals surface area contributed by atoms with Crippen LogP contribution in [0.5, 0.6) is 0 Å². The molecule has 0 radical (unpaired) electrons. The predicted octanol–water partition coefficient (Wildman–Crippen LogP) is 4.29. The topological polar surface area (TPSA) is 70.7 Å². The van der Waals surface area contributed by atoms with Crippen LogP contribution in [0.4, 0.5) is 23.7 Å². The van der Waals surface area contributed by atoms with Crippen molar-refractivity contribution in [2.24, 2.45) is 0 Å². The van der Waals surface area contributed by atoms with E-state index >= 15 is 0 Å². The largest absolute Gasteiger partial charge is 0.444 e. The Balaban J connectivity index is 1.81. The summed E-state index contributed by atoms with van der Waals surface area (Å²) in [4.78, 5) is 25.9. The molecular weight excluding hydrogens is 411 g/mol. The first-order valence-electron chi connectivity index (χ1n) is 9.22. The van der Waals surface area contributed by atoms with E-state index in [1.165, 1.54) is 6.07 Å². The smallest absolute Gasteiger partial charge is 0.417 e. The van der Waals surface area contributed by atoms with Crippen LogP contribution in [0.3, 0.4) is 0 Å². The SMILES string of the molecule is CC(C)(C)OC(=O)NC1CCN(CC(=O)Nc2ccc(Cl)c(C(F)(F)F)c2)CC1.